The van der Waals surface area contributed by atoms with Crippen molar-refractivity contribution in [2.24, 2.45) is 5.92 Å². The van der Waals surface area contributed by atoms with E-state index in [0.717, 1.165) is 50.1 Å². The number of benzene rings is 1. The predicted octanol–water partition coefficient (Wildman–Crippen LogP) is 3.13. The van der Waals surface area contributed by atoms with Gasteiger partial charge in [-0.3, -0.25) is 0 Å². The molecule has 1 aromatic carbocycles. The maximum atomic E-state index is 5.84. The molecule has 1 aliphatic heterocycles. The Hall–Kier alpha value is -1.22. The number of rotatable bonds is 4. The summed E-state index contributed by atoms with van der Waals surface area (Å²) in [5, 5.41) is 3.58. The summed E-state index contributed by atoms with van der Waals surface area (Å²) < 4.78 is 11.6. The molecule has 0 unspecified atom stereocenters. The number of hydrogen-bond acceptors (Lipinski definition) is 3. The van der Waals surface area contributed by atoms with Crippen LogP contribution in [0, 0.1) is 5.92 Å². The summed E-state index contributed by atoms with van der Waals surface area (Å²) >= 11 is 0. The highest BCUT2D eigenvalue weighted by atomic mass is 16.5. The standard InChI is InChI=1S/C16H23NO2/c1-2-6-13(5-1)11-17-12-14-7-3-8-15-16(14)19-10-4-9-18-15/h3,7-8,13,17H,1-2,4-6,9-12H2. The molecule has 0 atom stereocenters. The Bertz CT molecular complexity index is 413. The van der Waals surface area contributed by atoms with Crippen LogP contribution in [0.2, 0.25) is 0 Å². The molecule has 2 aliphatic rings. The van der Waals surface area contributed by atoms with Crippen molar-refractivity contribution in [3.63, 3.8) is 0 Å². The average molecular weight is 261 g/mol. The normalized spacial score (nSPS) is 19.4. The van der Waals surface area contributed by atoms with E-state index < -0.39 is 0 Å². The Balaban J connectivity index is 1.60. The highest BCUT2D eigenvalue weighted by molar-refractivity contribution is 5.47. The van der Waals surface area contributed by atoms with Crippen molar-refractivity contribution in [2.45, 2.75) is 38.6 Å². The van der Waals surface area contributed by atoms with Gasteiger partial charge in [-0.25, -0.2) is 0 Å². The first-order chi connectivity index (χ1) is 9.43. The van der Waals surface area contributed by atoms with Crippen molar-refractivity contribution in [2.75, 3.05) is 19.8 Å². The second-order valence-corrected chi connectivity index (χ2v) is 5.58. The van der Waals surface area contributed by atoms with Crippen molar-refractivity contribution in [1.29, 1.82) is 0 Å². The fraction of sp³-hybridized carbons (Fsp3) is 0.625. The van der Waals surface area contributed by atoms with Crippen molar-refractivity contribution in [3.8, 4) is 11.5 Å². The second kappa shape index (κ2) is 6.29. The zero-order valence-corrected chi connectivity index (χ0v) is 11.5. The van der Waals surface area contributed by atoms with E-state index in [1.54, 1.807) is 0 Å². The molecule has 0 radical (unpaired) electrons. The summed E-state index contributed by atoms with van der Waals surface area (Å²) in [6.07, 6.45) is 6.55. The van der Waals surface area contributed by atoms with Gasteiger partial charge in [0.15, 0.2) is 11.5 Å². The van der Waals surface area contributed by atoms with Crippen LogP contribution < -0.4 is 14.8 Å². The molecule has 3 rings (SSSR count). The molecule has 1 N–H and O–H groups in total. The highest BCUT2D eigenvalue weighted by Crippen LogP contribution is 2.33. The zero-order valence-electron chi connectivity index (χ0n) is 11.5. The van der Waals surface area contributed by atoms with E-state index in [2.05, 4.69) is 17.4 Å². The van der Waals surface area contributed by atoms with Gasteiger partial charge >= 0.3 is 0 Å². The summed E-state index contributed by atoms with van der Waals surface area (Å²) in [4.78, 5) is 0. The molecule has 0 aromatic heterocycles. The molecule has 104 valence electrons. The van der Waals surface area contributed by atoms with Crippen LogP contribution in [0.25, 0.3) is 0 Å². The minimum absolute atomic E-state index is 0.756. The van der Waals surface area contributed by atoms with Crippen LogP contribution in [-0.4, -0.2) is 19.8 Å². The van der Waals surface area contributed by atoms with Crippen molar-refractivity contribution in [3.05, 3.63) is 23.8 Å². The maximum Gasteiger partial charge on any atom is 0.165 e. The fourth-order valence-electron chi connectivity index (χ4n) is 3.02. The quantitative estimate of drug-likeness (QED) is 0.903. The number of nitrogens with one attached hydrogen (secondary N) is 1. The van der Waals surface area contributed by atoms with Crippen LogP contribution in [0.4, 0.5) is 0 Å². The van der Waals surface area contributed by atoms with Crippen LogP contribution in [0.15, 0.2) is 18.2 Å². The van der Waals surface area contributed by atoms with E-state index in [4.69, 9.17) is 9.47 Å². The number of hydrogen-bond donors (Lipinski definition) is 1. The third-order valence-corrected chi connectivity index (χ3v) is 4.08. The topological polar surface area (TPSA) is 30.5 Å². The lowest BCUT2D eigenvalue weighted by Gasteiger charge is -2.14. The first-order valence-electron chi connectivity index (χ1n) is 7.52. The fourth-order valence-corrected chi connectivity index (χ4v) is 3.02. The van der Waals surface area contributed by atoms with Crippen molar-refractivity contribution < 1.29 is 9.47 Å². The Labute approximate surface area is 115 Å². The zero-order chi connectivity index (χ0) is 12.9. The smallest absolute Gasteiger partial charge is 0.165 e. The SMILES string of the molecule is c1cc(CNCC2CCCC2)c2c(c1)OCCCO2. The van der Waals surface area contributed by atoms with E-state index in [0.29, 0.717) is 0 Å². The van der Waals surface area contributed by atoms with Gasteiger partial charge in [-0.15, -0.1) is 0 Å². The molecule has 1 heterocycles. The van der Waals surface area contributed by atoms with Crippen LogP contribution in [0.5, 0.6) is 11.5 Å². The van der Waals surface area contributed by atoms with E-state index in [9.17, 15) is 0 Å². The maximum absolute atomic E-state index is 5.84. The number of ether oxygens (including phenoxy) is 2. The van der Waals surface area contributed by atoms with E-state index in [1.807, 2.05) is 6.07 Å². The van der Waals surface area contributed by atoms with Crippen LogP contribution >= 0.6 is 0 Å². The number of fused-ring (bicyclic) bond motifs is 1. The van der Waals surface area contributed by atoms with Gasteiger partial charge in [0, 0.05) is 18.5 Å². The van der Waals surface area contributed by atoms with Gasteiger partial charge in [-0.2, -0.15) is 0 Å². The van der Waals surface area contributed by atoms with Gasteiger partial charge in [-0.05, 0) is 31.4 Å². The molecular formula is C16H23NO2. The molecule has 0 saturated heterocycles. The number of para-hydroxylation sites is 1. The molecule has 1 aromatic rings. The van der Waals surface area contributed by atoms with Gasteiger partial charge in [0.2, 0.25) is 0 Å². The minimum atomic E-state index is 0.756. The lowest BCUT2D eigenvalue weighted by molar-refractivity contribution is 0.296. The Kier molecular flexibility index (Phi) is 4.23. The molecule has 3 nitrogen and oxygen atoms in total. The lowest BCUT2D eigenvalue weighted by Crippen LogP contribution is -2.21. The molecule has 0 bridgehead atoms. The molecule has 1 saturated carbocycles. The largest absolute Gasteiger partial charge is 0.490 e. The summed E-state index contributed by atoms with van der Waals surface area (Å²) in [5.74, 6) is 2.72. The van der Waals surface area contributed by atoms with Crippen LogP contribution in [-0.2, 0) is 6.54 Å². The molecule has 0 spiro atoms. The second-order valence-electron chi connectivity index (χ2n) is 5.58. The highest BCUT2D eigenvalue weighted by Gasteiger charge is 2.16. The van der Waals surface area contributed by atoms with Gasteiger partial charge in [0.25, 0.3) is 0 Å². The Morgan fingerprint density at radius 2 is 1.89 bits per heavy atom. The first-order valence-corrected chi connectivity index (χ1v) is 7.52. The summed E-state index contributed by atoms with van der Waals surface area (Å²) in [6, 6.07) is 6.19. The summed E-state index contributed by atoms with van der Waals surface area (Å²) in [6.45, 7) is 3.52. The van der Waals surface area contributed by atoms with Crippen molar-refractivity contribution >= 4 is 0 Å². The third-order valence-electron chi connectivity index (χ3n) is 4.08. The van der Waals surface area contributed by atoms with Gasteiger partial charge in [0.1, 0.15) is 0 Å². The first kappa shape index (κ1) is 12.8. The predicted molar refractivity (Wildman–Crippen MR) is 75.7 cm³/mol. The van der Waals surface area contributed by atoms with Gasteiger partial charge in [0.05, 0.1) is 13.2 Å². The Morgan fingerprint density at radius 3 is 2.79 bits per heavy atom. The lowest BCUT2D eigenvalue weighted by atomic mass is 10.1. The summed E-state index contributed by atoms with van der Waals surface area (Å²) in [5.41, 5.74) is 1.22. The van der Waals surface area contributed by atoms with Gasteiger partial charge in [-0.1, -0.05) is 25.0 Å². The van der Waals surface area contributed by atoms with E-state index in [-0.39, 0.29) is 0 Å². The molecule has 1 fully saturated rings. The Morgan fingerprint density at radius 1 is 1.05 bits per heavy atom. The van der Waals surface area contributed by atoms with E-state index >= 15 is 0 Å². The monoisotopic (exact) mass is 261 g/mol. The molecular weight excluding hydrogens is 238 g/mol. The third kappa shape index (κ3) is 3.21. The van der Waals surface area contributed by atoms with E-state index in [1.165, 1.54) is 31.2 Å². The van der Waals surface area contributed by atoms with Crippen molar-refractivity contribution in [1.82, 2.24) is 5.32 Å². The molecule has 0 amide bonds. The average Bonchev–Trinajstić information content (AvgIpc) is 2.82. The molecule has 3 heteroatoms. The summed E-state index contributed by atoms with van der Waals surface area (Å²) in [7, 11) is 0. The molecule has 1 aliphatic carbocycles. The molecule has 19 heavy (non-hydrogen) atoms. The van der Waals surface area contributed by atoms with Crippen LogP contribution in [0.3, 0.4) is 0 Å². The van der Waals surface area contributed by atoms with Crippen LogP contribution in [0.1, 0.15) is 37.7 Å². The minimum Gasteiger partial charge on any atom is -0.490 e. The van der Waals surface area contributed by atoms with Gasteiger partial charge < -0.3 is 14.8 Å².